The number of nitrogens with one attached hydrogen (secondary N) is 2. The molecule has 1 amide bonds. The van der Waals surface area contributed by atoms with Crippen LogP contribution < -0.4 is 20.1 Å². The van der Waals surface area contributed by atoms with Gasteiger partial charge in [0.05, 0.1) is 25.1 Å². The minimum atomic E-state index is -0.234. The summed E-state index contributed by atoms with van der Waals surface area (Å²) in [5.74, 6) is 2.66. The van der Waals surface area contributed by atoms with E-state index in [9.17, 15) is 4.79 Å². The van der Waals surface area contributed by atoms with Crippen molar-refractivity contribution in [2.75, 3.05) is 26.6 Å². The monoisotopic (exact) mass is 490 g/mol. The van der Waals surface area contributed by atoms with Crippen LogP contribution >= 0.6 is 0 Å². The van der Waals surface area contributed by atoms with Crippen molar-refractivity contribution in [2.24, 2.45) is 0 Å². The van der Waals surface area contributed by atoms with Crippen molar-refractivity contribution in [3.63, 3.8) is 0 Å². The predicted octanol–water partition coefficient (Wildman–Crippen LogP) is 4.53. The number of fused-ring (bicyclic) bond motifs is 1. The van der Waals surface area contributed by atoms with Gasteiger partial charge in [-0.1, -0.05) is 5.16 Å². The number of amides is 1. The average Bonchev–Trinajstić information content (AvgIpc) is 3.52. The normalized spacial score (nSPS) is 13.3. The molecule has 0 unspecified atom stereocenters. The number of hydrogen-bond acceptors (Lipinski definition) is 8. The fourth-order valence-corrected chi connectivity index (χ4v) is 4.39. The zero-order chi connectivity index (χ0) is 25.4. The number of rotatable bonds is 9. The second-order valence-electron chi connectivity index (χ2n) is 9.10. The summed E-state index contributed by atoms with van der Waals surface area (Å²) in [7, 11) is 4.86. The fourth-order valence-electron chi connectivity index (χ4n) is 4.39. The first-order valence-electron chi connectivity index (χ1n) is 12.0. The molecule has 5 rings (SSSR count). The third-order valence-corrected chi connectivity index (χ3v) is 6.40. The molecule has 10 nitrogen and oxygen atoms in total. The topological polar surface area (TPSA) is 116 Å². The highest BCUT2D eigenvalue weighted by Crippen LogP contribution is 2.45. The van der Waals surface area contributed by atoms with Gasteiger partial charge >= 0.3 is 0 Å². The molecule has 10 heteroatoms. The first-order chi connectivity index (χ1) is 17.5. The van der Waals surface area contributed by atoms with Crippen LogP contribution in [0.4, 0.5) is 5.82 Å². The van der Waals surface area contributed by atoms with E-state index in [4.69, 9.17) is 19.1 Å². The van der Waals surface area contributed by atoms with Crippen molar-refractivity contribution in [3.05, 3.63) is 47.3 Å². The Bertz CT molecular complexity index is 1420. The number of aromatic nitrogens is 4. The lowest BCUT2D eigenvalue weighted by Gasteiger charge is -2.13. The lowest BCUT2D eigenvalue weighted by atomic mass is 10.1. The maximum absolute atomic E-state index is 12.9. The Hall–Kier alpha value is -4.08. The molecule has 4 aromatic rings. The van der Waals surface area contributed by atoms with Gasteiger partial charge in [0.25, 0.3) is 5.91 Å². The standard InChI is InChI=1S/C26H30N6O4/c1-14(2)32-18-10-11-28-25(29-13-16-8-9-17(34-4)12-19(16)35-5)20(18)22(30-32)23-21(26(33)27-3)24(36-31-23)15-6-7-15/h8-12,14-15H,6-7,13H2,1-5H3,(H,27,33)(H,28,29). The van der Waals surface area contributed by atoms with Crippen LogP contribution in [0.15, 0.2) is 35.0 Å². The number of pyridine rings is 1. The van der Waals surface area contributed by atoms with E-state index in [0.29, 0.717) is 40.8 Å². The molecule has 1 fully saturated rings. The zero-order valence-corrected chi connectivity index (χ0v) is 21.1. The van der Waals surface area contributed by atoms with Gasteiger partial charge in [0.1, 0.15) is 34.3 Å². The van der Waals surface area contributed by atoms with Crippen LogP contribution in [0.2, 0.25) is 0 Å². The number of ether oxygens (including phenoxy) is 2. The number of methoxy groups -OCH3 is 2. The third-order valence-electron chi connectivity index (χ3n) is 6.40. The molecule has 0 bridgehead atoms. The van der Waals surface area contributed by atoms with Crippen LogP contribution in [0.1, 0.15) is 60.3 Å². The van der Waals surface area contributed by atoms with Gasteiger partial charge in [0.15, 0.2) is 5.76 Å². The van der Waals surface area contributed by atoms with Crippen LogP contribution in [-0.4, -0.2) is 47.1 Å². The predicted molar refractivity (Wildman–Crippen MR) is 136 cm³/mol. The molecule has 0 atom stereocenters. The summed E-state index contributed by atoms with van der Waals surface area (Å²) in [4.78, 5) is 17.5. The maximum Gasteiger partial charge on any atom is 0.257 e. The van der Waals surface area contributed by atoms with Gasteiger partial charge in [-0.25, -0.2) is 4.98 Å². The van der Waals surface area contributed by atoms with Crippen LogP contribution in [0, 0.1) is 0 Å². The van der Waals surface area contributed by atoms with E-state index in [1.54, 1.807) is 27.5 Å². The van der Waals surface area contributed by atoms with Gasteiger partial charge in [0.2, 0.25) is 0 Å². The first-order valence-corrected chi connectivity index (χ1v) is 12.0. The van der Waals surface area contributed by atoms with Crippen LogP contribution in [0.25, 0.3) is 22.3 Å². The SMILES string of the molecule is CNC(=O)c1c(-c2nn(C(C)C)c3ccnc(NCc4ccc(OC)cc4OC)c23)noc1C1CC1. The summed E-state index contributed by atoms with van der Waals surface area (Å²) >= 11 is 0. The minimum absolute atomic E-state index is 0.0800. The van der Waals surface area contributed by atoms with E-state index in [-0.39, 0.29) is 17.9 Å². The van der Waals surface area contributed by atoms with E-state index < -0.39 is 0 Å². The number of anilines is 1. The van der Waals surface area contributed by atoms with Gasteiger partial charge in [0, 0.05) is 43.4 Å². The fraction of sp³-hybridized carbons (Fsp3) is 0.385. The van der Waals surface area contributed by atoms with Crippen molar-refractivity contribution in [2.45, 2.75) is 45.2 Å². The average molecular weight is 491 g/mol. The molecule has 1 aromatic carbocycles. The summed E-state index contributed by atoms with van der Waals surface area (Å²) in [5, 5.41) is 16.2. The molecular formula is C26H30N6O4. The molecule has 0 radical (unpaired) electrons. The van der Waals surface area contributed by atoms with Crippen molar-refractivity contribution in [1.29, 1.82) is 0 Å². The Kier molecular flexibility index (Phi) is 6.26. The van der Waals surface area contributed by atoms with E-state index in [0.717, 1.165) is 35.1 Å². The third kappa shape index (κ3) is 4.12. The smallest absolute Gasteiger partial charge is 0.257 e. The van der Waals surface area contributed by atoms with Gasteiger partial charge in [-0.15, -0.1) is 0 Å². The van der Waals surface area contributed by atoms with E-state index in [1.165, 1.54) is 0 Å². The molecule has 3 aromatic heterocycles. The van der Waals surface area contributed by atoms with Crippen molar-refractivity contribution in [1.82, 2.24) is 25.2 Å². The summed E-state index contributed by atoms with van der Waals surface area (Å²) in [6, 6.07) is 7.69. The molecule has 3 heterocycles. The van der Waals surface area contributed by atoms with Gasteiger partial charge in [-0.2, -0.15) is 5.10 Å². The minimum Gasteiger partial charge on any atom is -0.497 e. The Morgan fingerprint density at radius 3 is 2.67 bits per heavy atom. The Labute approximate surface area is 209 Å². The van der Waals surface area contributed by atoms with Gasteiger partial charge in [-0.3, -0.25) is 9.48 Å². The van der Waals surface area contributed by atoms with Gasteiger partial charge in [-0.05, 0) is 44.9 Å². The van der Waals surface area contributed by atoms with E-state index in [2.05, 4.69) is 34.6 Å². The highest BCUT2D eigenvalue weighted by atomic mass is 16.5. The van der Waals surface area contributed by atoms with Gasteiger partial charge < -0.3 is 24.6 Å². The highest BCUT2D eigenvalue weighted by Gasteiger charge is 2.36. The van der Waals surface area contributed by atoms with Crippen molar-refractivity contribution in [3.8, 4) is 22.9 Å². The number of nitrogens with zero attached hydrogens (tertiary/aromatic N) is 4. The molecule has 0 spiro atoms. The number of carbonyl (C=O) groups excluding carboxylic acids is 1. The largest absolute Gasteiger partial charge is 0.497 e. The molecule has 0 saturated heterocycles. The molecule has 188 valence electrons. The van der Waals surface area contributed by atoms with Crippen molar-refractivity contribution < 1.29 is 18.8 Å². The quantitative estimate of drug-likeness (QED) is 0.351. The lowest BCUT2D eigenvalue weighted by Crippen LogP contribution is -2.19. The first kappa shape index (κ1) is 23.7. The van der Waals surface area contributed by atoms with E-state index in [1.807, 2.05) is 28.9 Å². The highest BCUT2D eigenvalue weighted by molar-refractivity contribution is 6.07. The molecule has 1 aliphatic rings. The molecular weight excluding hydrogens is 460 g/mol. The van der Waals surface area contributed by atoms with Crippen LogP contribution in [-0.2, 0) is 6.54 Å². The molecule has 36 heavy (non-hydrogen) atoms. The summed E-state index contributed by atoms with van der Waals surface area (Å²) in [6.45, 7) is 4.58. The zero-order valence-electron chi connectivity index (χ0n) is 21.1. The lowest BCUT2D eigenvalue weighted by molar-refractivity contribution is 0.0961. The maximum atomic E-state index is 12.9. The van der Waals surface area contributed by atoms with Crippen LogP contribution in [0.5, 0.6) is 11.5 Å². The van der Waals surface area contributed by atoms with E-state index >= 15 is 0 Å². The molecule has 1 saturated carbocycles. The Balaban J connectivity index is 1.62. The second-order valence-corrected chi connectivity index (χ2v) is 9.10. The molecule has 0 aliphatic heterocycles. The number of carbonyl (C=O) groups is 1. The van der Waals surface area contributed by atoms with Crippen LogP contribution in [0.3, 0.4) is 0 Å². The Morgan fingerprint density at radius 1 is 1.19 bits per heavy atom. The Morgan fingerprint density at radius 2 is 2.00 bits per heavy atom. The number of hydrogen-bond donors (Lipinski definition) is 2. The summed E-state index contributed by atoms with van der Waals surface area (Å²) in [6.07, 6.45) is 3.72. The second kappa shape index (κ2) is 9.52. The number of benzene rings is 1. The molecule has 2 N–H and O–H groups in total. The van der Waals surface area contributed by atoms with Crippen molar-refractivity contribution >= 4 is 22.6 Å². The molecule has 1 aliphatic carbocycles. The summed E-state index contributed by atoms with van der Waals surface area (Å²) < 4.78 is 18.5. The summed E-state index contributed by atoms with van der Waals surface area (Å²) in [5.41, 5.74) is 3.27.